The Bertz CT molecular complexity index is 1180. The van der Waals surface area contributed by atoms with E-state index in [2.05, 4.69) is 16.5 Å². The van der Waals surface area contributed by atoms with Crippen molar-refractivity contribution in [2.75, 3.05) is 32.5 Å². The minimum Gasteiger partial charge on any atom is -0.491 e. The fraction of sp³-hybridized carbons (Fsp3) is 0.593. The first kappa shape index (κ1) is 27.5. The molecule has 0 fully saturated rings. The number of nitrogen functional groups attached to an aromatic ring is 1. The van der Waals surface area contributed by atoms with Crippen LogP contribution >= 0.6 is 0 Å². The zero-order chi connectivity index (χ0) is 26.5. The molecule has 2 heterocycles. The summed E-state index contributed by atoms with van der Waals surface area (Å²) in [5, 5.41) is 0.992. The number of carbonyl (C=O) groups is 1. The fourth-order valence-corrected chi connectivity index (χ4v) is 4.19. The van der Waals surface area contributed by atoms with Crippen molar-refractivity contribution in [2.24, 2.45) is 0 Å². The van der Waals surface area contributed by atoms with Crippen LogP contribution in [0.4, 0.5) is 10.6 Å². The number of ether oxygens (including phenoxy) is 3. The normalized spacial score (nSPS) is 12.8. The van der Waals surface area contributed by atoms with Gasteiger partial charge < -0.3 is 29.4 Å². The highest BCUT2D eigenvalue weighted by Gasteiger charge is 2.22. The van der Waals surface area contributed by atoms with Crippen LogP contribution in [0.25, 0.3) is 21.9 Å². The number of benzene rings is 1. The van der Waals surface area contributed by atoms with Gasteiger partial charge in [-0.2, -0.15) is 0 Å². The summed E-state index contributed by atoms with van der Waals surface area (Å²) in [7, 11) is 1.69. The van der Waals surface area contributed by atoms with Gasteiger partial charge in [0.05, 0.1) is 23.7 Å². The van der Waals surface area contributed by atoms with E-state index in [9.17, 15) is 4.79 Å². The molecule has 0 radical (unpaired) electrons. The molecule has 9 heteroatoms. The summed E-state index contributed by atoms with van der Waals surface area (Å²) in [5.41, 5.74) is 8.32. The molecular formula is C27H41N5O4. The first-order valence-corrected chi connectivity index (χ1v) is 12.8. The van der Waals surface area contributed by atoms with E-state index in [0.29, 0.717) is 44.1 Å². The molecule has 3 rings (SSSR count). The molecule has 198 valence electrons. The smallest absolute Gasteiger partial charge is 0.410 e. The number of anilines is 1. The van der Waals surface area contributed by atoms with Crippen molar-refractivity contribution in [2.45, 2.75) is 79.1 Å². The largest absolute Gasteiger partial charge is 0.491 e. The third-order valence-corrected chi connectivity index (χ3v) is 5.91. The minimum absolute atomic E-state index is 0.105. The molecular weight excluding hydrogens is 458 g/mol. The molecule has 36 heavy (non-hydrogen) atoms. The standard InChI is InChI=1S/C27H41N5O4/c1-8-14-32-22(13-16-34-7)30-23-24(32)20-11-10-19(17-21(20)29-25(23)28)35-18(3)12-15-31(9-2)26(33)36-27(4,5)6/h10-11,17-18H,8-9,12-16H2,1-7H3,(H2,28,29). The van der Waals surface area contributed by atoms with Gasteiger partial charge in [-0.3, -0.25) is 0 Å². The molecule has 1 unspecified atom stereocenters. The van der Waals surface area contributed by atoms with Crippen LogP contribution in [-0.4, -0.2) is 64.0 Å². The molecule has 0 aliphatic heterocycles. The zero-order valence-corrected chi connectivity index (χ0v) is 22.8. The van der Waals surface area contributed by atoms with Crippen molar-refractivity contribution in [1.29, 1.82) is 0 Å². The number of aryl methyl sites for hydroxylation is 1. The highest BCUT2D eigenvalue weighted by Crippen LogP contribution is 2.31. The van der Waals surface area contributed by atoms with Crippen LogP contribution < -0.4 is 10.5 Å². The maximum absolute atomic E-state index is 12.4. The van der Waals surface area contributed by atoms with E-state index in [-0.39, 0.29) is 12.2 Å². The van der Waals surface area contributed by atoms with Gasteiger partial charge in [-0.25, -0.2) is 14.8 Å². The Kier molecular flexibility index (Phi) is 9.00. The summed E-state index contributed by atoms with van der Waals surface area (Å²) in [5.74, 6) is 2.07. The number of rotatable bonds is 11. The van der Waals surface area contributed by atoms with Crippen molar-refractivity contribution < 1.29 is 19.0 Å². The van der Waals surface area contributed by atoms with Gasteiger partial charge in [0.2, 0.25) is 0 Å². The van der Waals surface area contributed by atoms with Gasteiger partial charge in [0, 0.05) is 51.0 Å². The minimum atomic E-state index is -0.519. The second-order valence-corrected chi connectivity index (χ2v) is 10.1. The number of aromatic nitrogens is 3. The molecule has 0 aliphatic rings. The van der Waals surface area contributed by atoms with E-state index in [1.807, 2.05) is 52.8 Å². The maximum Gasteiger partial charge on any atom is 0.410 e. The van der Waals surface area contributed by atoms with E-state index in [0.717, 1.165) is 40.7 Å². The summed E-state index contributed by atoms with van der Waals surface area (Å²) in [4.78, 5) is 23.5. The number of methoxy groups -OCH3 is 1. The van der Waals surface area contributed by atoms with Gasteiger partial charge in [-0.15, -0.1) is 0 Å². The number of fused-ring (bicyclic) bond motifs is 3. The van der Waals surface area contributed by atoms with Crippen molar-refractivity contribution >= 4 is 33.8 Å². The summed E-state index contributed by atoms with van der Waals surface area (Å²) in [6.07, 6.45) is 1.95. The van der Waals surface area contributed by atoms with Crippen LogP contribution in [0.5, 0.6) is 5.75 Å². The van der Waals surface area contributed by atoms with Crippen LogP contribution in [-0.2, 0) is 22.4 Å². The summed E-state index contributed by atoms with van der Waals surface area (Å²) in [6.45, 7) is 14.3. The van der Waals surface area contributed by atoms with Crippen LogP contribution in [0, 0.1) is 0 Å². The van der Waals surface area contributed by atoms with Gasteiger partial charge in [0.1, 0.15) is 22.7 Å². The molecule has 3 aromatic rings. The number of hydrogen-bond donors (Lipinski definition) is 1. The number of hydrogen-bond acceptors (Lipinski definition) is 7. The second-order valence-electron chi connectivity index (χ2n) is 10.1. The Labute approximate surface area is 213 Å². The van der Waals surface area contributed by atoms with Crippen LogP contribution in [0.3, 0.4) is 0 Å². The summed E-state index contributed by atoms with van der Waals surface area (Å²) in [6, 6.07) is 5.91. The lowest BCUT2D eigenvalue weighted by Crippen LogP contribution is -2.38. The van der Waals surface area contributed by atoms with Crippen molar-refractivity contribution in [3.05, 3.63) is 24.0 Å². The SMILES string of the molecule is CCCn1c(CCOC)nc2c(N)nc3cc(OC(C)CCN(CC)C(=O)OC(C)(C)C)ccc3c21. The van der Waals surface area contributed by atoms with Gasteiger partial charge in [0.25, 0.3) is 0 Å². The summed E-state index contributed by atoms with van der Waals surface area (Å²) < 4.78 is 19.2. The lowest BCUT2D eigenvalue weighted by Gasteiger charge is -2.27. The highest BCUT2D eigenvalue weighted by molar-refractivity contribution is 6.06. The first-order valence-electron chi connectivity index (χ1n) is 12.8. The highest BCUT2D eigenvalue weighted by atomic mass is 16.6. The average Bonchev–Trinajstić information content (AvgIpc) is 3.16. The molecule has 1 amide bonds. The predicted octanol–water partition coefficient (Wildman–Crippen LogP) is 5.18. The molecule has 9 nitrogen and oxygen atoms in total. The van der Waals surface area contributed by atoms with Crippen molar-refractivity contribution in [3.63, 3.8) is 0 Å². The van der Waals surface area contributed by atoms with Gasteiger partial charge in [0.15, 0.2) is 5.82 Å². The van der Waals surface area contributed by atoms with Crippen LogP contribution in [0.2, 0.25) is 0 Å². The molecule has 0 spiro atoms. The Balaban J connectivity index is 1.80. The molecule has 0 saturated heterocycles. The maximum atomic E-state index is 12.4. The Morgan fingerprint density at radius 3 is 2.61 bits per heavy atom. The van der Waals surface area contributed by atoms with E-state index in [1.165, 1.54) is 0 Å². The first-order chi connectivity index (χ1) is 17.1. The lowest BCUT2D eigenvalue weighted by molar-refractivity contribution is 0.0241. The molecule has 0 saturated carbocycles. The van der Waals surface area contributed by atoms with E-state index >= 15 is 0 Å². The third kappa shape index (κ3) is 6.57. The molecule has 0 bridgehead atoms. The summed E-state index contributed by atoms with van der Waals surface area (Å²) >= 11 is 0. The number of imidazole rings is 1. The Hall–Kier alpha value is -3.07. The van der Waals surface area contributed by atoms with E-state index in [4.69, 9.17) is 24.9 Å². The molecule has 0 aliphatic carbocycles. The van der Waals surface area contributed by atoms with Crippen molar-refractivity contribution in [1.82, 2.24) is 19.4 Å². The van der Waals surface area contributed by atoms with Crippen molar-refractivity contribution in [3.8, 4) is 5.75 Å². The number of pyridine rings is 1. The third-order valence-electron chi connectivity index (χ3n) is 5.91. The molecule has 2 aromatic heterocycles. The predicted molar refractivity (Wildman–Crippen MR) is 144 cm³/mol. The van der Waals surface area contributed by atoms with Gasteiger partial charge in [-0.05, 0) is 53.2 Å². The number of carbonyl (C=O) groups excluding carboxylic acids is 1. The second kappa shape index (κ2) is 11.8. The average molecular weight is 500 g/mol. The van der Waals surface area contributed by atoms with Crippen LogP contribution in [0.15, 0.2) is 18.2 Å². The Morgan fingerprint density at radius 2 is 1.97 bits per heavy atom. The zero-order valence-electron chi connectivity index (χ0n) is 22.8. The van der Waals surface area contributed by atoms with E-state index < -0.39 is 5.60 Å². The number of nitrogens with two attached hydrogens (primary N) is 1. The fourth-order valence-electron chi connectivity index (χ4n) is 4.19. The molecule has 1 aromatic carbocycles. The molecule has 1 atom stereocenters. The van der Waals surface area contributed by atoms with Gasteiger partial charge in [-0.1, -0.05) is 6.92 Å². The van der Waals surface area contributed by atoms with Gasteiger partial charge >= 0.3 is 6.09 Å². The van der Waals surface area contributed by atoms with E-state index in [1.54, 1.807) is 12.0 Å². The number of nitrogens with zero attached hydrogens (tertiary/aromatic N) is 4. The topological polar surface area (TPSA) is 105 Å². The quantitative estimate of drug-likeness (QED) is 0.387. The van der Waals surface area contributed by atoms with Crippen LogP contribution in [0.1, 0.15) is 60.2 Å². The monoisotopic (exact) mass is 499 g/mol. The molecule has 2 N–H and O–H groups in total. The Morgan fingerprint density at radius 1 is 1.22 bits per heavy atom. The number of amides is 1. The lowest BCUT2D eigenvalue weighted by atomic mass is 10.1.